The van der Waals surface area contributed by atoms with Crippen molar-refractivity contribution in [2.45, 2.75) is 24.8 Å². The van der Waals surface area contributed by atoms with Gasteiger partial charge in [0.1, 0.15) is 0 Å². The highest BCUT2D eigenvalue weighted by atomic mass is 35.5. The molecule has 0 saturated heterocycles. The molecule has 5 heteroatoms. The van der Waals surface area contributed by atoms with Gasteiger partial charge < -0.3 is 5.32 Å². The minimum atomic E-state index is -3.25. The summed E-state index contributed by atoms with van der Waals surface area (Å²) in [5.41, 5.74) is 2.92. The Balaban J connectivity index is 2.31. The number of rotatable bonds is 4. The molecule has 3 nitrogen and oxygen atoms in total. The molecule has 2 aromatic carbocycles. The maximum absolute atomic E-state index is 11.6. The van der Waals surface area contributed by atoms with Crippen LogP contribution in [0.4, 0.5) is 5.69 Å². The largest absolute Gasteiger partial charge is 0.377 e. The van der Waals surface area contributed by atoms with Crippen LogP contribution in [-0.2, 0) is 9.84 Å². The lowest BCUT2D eigenvalue weighted by molar-refractivity contribution is 0.602. The second kappa shape index (κ2) is 6.08. The normalized spacial score (nSPS) is 13.0. The first-order valence-electron chi connectivity index (χ1n) is 6.60. The van der Waals surface area contributed by atoms with Gasteiger partial charge in [0.25, 0.3) is 0 Å². The summed E-state index contributed by atoms with van der Waals surface area (Å²) in [4.78, 5) is 0.255. The second-order valence-corrected chi connectivity index (χ2v) is 7.62. The minimum Gasteiger partial charge on any atom is -0.377 e. The van der Waals surface area contributed by atoms with Crippen molar-refractivity contribution in [1.29, 1.82) is 0 Å². The standard InChI is InChI=1S/C16H18ClNO2S/c1-11-5-4-6-13(9-11)12(2)18-16-10-14(21(3,19)20)7-8-15(16)17/h4-10,12,18H,1-3H3. The number of anilines is 1. The summed E-state index contributed by atoms with van der Waals surface area (Å²) in [6, 6.07) is 12.9. The monoisotopic (exact) mass is 323 g/mol. The summed E-state index contributed by atoms with van der Waals surface area (Å²) in [5.74, 6) is 0. The molecule has 0 fully saturated rings. The Morgan fingerprint density at radius 1 is 1.14 bits per heavy atom. The lowest BCUT2D eigenvalue weighted by atomic mass is 10.1. The average molecular weight is 324 g/mol. The van der Waals surface area contributed by atoms with Gasteiger partial charge in [-0.05, 0) is 37.6 Å². The van der Waals surface area contributed by atoms with Crippen molar-refractivity contribution in [2.24, 2.45) is 0 Å². The van der Waals surface area contributed by atoms with Crippen LogP contribution in [0.5, 0.6) is 0 Å². The molecule has 21 heavy (non-hydrogen) atoms. The summed E-state index contributed by atoms with van der Waals surface area (Å²) in [6.45, 7) is 4.05. The van der Waals surface area contributed by atoms with E-state index in [2.05, 4.69) is 11.4 Å². The third kappa shape index (κ3) is 3.99. The van der Waals surface area contributed by atoms with Crippen LogP contribution in [-0.4, -0.2) is 14.7 Å². The van der Waals surface area contributed by atoms with E-state index in [4.69, 9.17) is 11.6 Å². The van der Waals surface area contributed by atoms with Gasteiger partial charge in [-0.25, -0.2) is 8.42 Å². The minimum absolute atomic E-state index is 0.0252. The van der Waals surface area contributed by atoms with E-state index < -0.39 is 9.84 Å². The van der Waals surface area contributed by atoms with Crippen molar-refractivity contribution < 1.29 is 8.42 Å². The number of sulfone groups is 1. The first-order valence-corrected chi connectivity index (χ1v) is 8.87. The van der Waals surface area contributed by atoms with Gasteiger partial charge in [-0.3, -0.25) is 0 Å². The predicted molar refractivity (Wildman–Crippen MR) is 87.8 cm³/mol. The fourth-order valence-corrected chi connectivity index (χ4v) is 2.92. The number of nitrogens with one attached hydrogen (secondary N) is 1. The van der Waals surface area contributed by atoms with Crippen LogP contribution in [0.2, 0.25) is 5.02 Å². The molecule has 0 aliphatic heterocycles. The van der Waals surface area contributed by atoms with E-state index >= 15 is 0 Å². The number of halogens is 1. The molecule has 1 atom stereocenters. The first kappa shape index (κ1) is 15.9. The topological polar surface area (TPSA) is 46.2 Å². The van der Waals surface area contributed by atoms with Crippen LogP contribution in [0.3, 0.4) is 0 Å². The highest BCUT2D eigenvalue weighted by Crippen LogP contribution is 2.29. The fourth-order valence-electron chi connectivity index (χ4n) is 2.10. The van der Waals surface area contributed by atoms with Crippen molar-refractivity contribution in [3.63, 3.8) is 0 Å². The lowest BCUT2D eigenvalue weighted by Gasteiger charge is -2.18. The molecule has 0 spiro atoms. The van der Waals surface area contributed by atoms with Crippen LogP contribution in [0.25, 0.3) is 0 Å². The smallest absolute Gasteiger partial charge is 0.175 e. The van der Waals surface area contributed by atoms with Crippen molar-refractivity contribution >= 4 is 27.1 Å². The Morgan fingerprint density at radius 2 is 1.86 bits per heavy atom. The number of hydrogen-bond acceptors (Lipinski definition) is 3. The average Bonchev–Trinajstić information content (AvgIpc) is 2.40. The molecule has 1 N–H and O–H groups in total. The van der Waals surface area contributed by atoms with Gasteiger partial charge in [-0.1, -0.05) is 41.4 Å². The van der Waals surface area contributed by atoms with Gasteiger partial charge >= 0.3 is 0 Å². The number of aryl methyl sites for hydroxylation is 1. The third-order valence-electron chi connectivity index (χ3n) is 3.28. The summed E-state index contributed by atoms with van der Waals surface area (Å²) in [6.07, 6.45) is 1.18. The Bertz CT molecular complexity index is 757. The lowest BCUT2D eigenvalue weighted by Crippen LogP contribution is -2.08. The van der Waals surface area contributed by atoms with Crippen LogP contribution >= 0.6 is 11.6 Å². The SMILES string of the molecule is Cc1cccc(C(C)Nc2cc(S(C)(=O)=O)ccc2Cl)c1. The maximum atomic E-state index is 11.6. The summed E-state index contributed by atoms with van der Waals surface area (Å²) >= 11 is 6.15. The Labute approximate surface area is 130 Å². The van der Waals surface area contributed by atoms with E-state index in [0.29, 0.717) is 10.7 Å². The van der Waals surface area contributed by atoms with Crippen LogP contribution in [0.1, 0.15) is 24.1 Å². The van der Waals surface area contributed by atoms with Gasteiger partial charge in [0.15, 0.2) is 9.84 Å². The summed E-state index contributed by atoms with van der Waals surface area (Å²) in [5, 5.41) is 3.77. The third-order valence-corrected chi connectivity index (χ3v) is 4.72. The molecule has 0 amide bonds. The van der Waals surface area contributed by atoms with Crippen molar-refractivity contribution in [1.82, 2.24) is 0 Å². The quantitative estimate of drug-likeness (QED) is 0.916. The molecule has 112 valence electrons. The zero-order valence-corrected chi connectivity index (χ0v) is 13.8. The molecule has 0 aliphatic rings. The van der Waals surface area contributed by atoms with Gasteiger partial charge in [-0.15, -0.1) is 0 Å². The van der Waals surface area contributed by atoms with Crippen molar-refractivity contribution in [3.8, 4) is 0 Å². The second-order valence-electron chi connectivity index (χ2n) is 5.19. The molecule has 0 bridgehead atoms. The molecular formula is C16H18ClNO2S. The van der Waals surface area contributed by atoms with E-state index in [9.17, 15) is 8.42 Å². The highest BCUT2D eigenvalue weighted by Gasteiger charge is 2.12. The number of benzene rings is 2. The Morgan fingerprint density at radius 3 is 2.48 bits per heavy atom. The fraction of sp³-hybridized carbons (Fsp3) is 0.250. The van der Waals surface area contributed by atoms with E-state index in [-0.39, 0.29) is 10.9 Å². The van der Waals surface area contributed by atoms with E-state index in [1.54, 1.807) is 12.1 Å². The van der Waals surface area contributed by atoms with Crippen LogP contribution < -0.4 is 5.32 Å². The predicted octanol–water partition coefficient (Wildman–Crippen LogP) is 4.23. The zero-order chi connectivity index (χ0) is 15.6. The molecular weight excluding hydrogens is 306 g/mol. The molecule has 2 rings (SSSR count). The molecule has 0 saturated carbocycles. The zero-order valence-electron chi connectivity index (χ0n) is 12.2. The van der Waals surface area contributed by atoms with Crippen molar-refractivity contribution in [3.05, 3.63) is 58.6 Å². The Hall–Kier alpha value is -1.52. The highest BCUT2D eigenvalue weighted by molar-refractivity contribution is 7.90. The van der Waals surface area contributed by atoms with Crippen molar-refractivity contribution in [2.75, 3.05) is 11.6 Å². The van der Waals surface area contributed by atoms with Crippen LogP contribution in [0, 0.1) is 6.92 Å². The van der Waals surface area contributed by atoms with E-state index in [1.165, 1.54) is 17.9 Å². The maximum Gasteiger partial charge on any atom is 0.175 e. The first-order chi connectivity index (χ1) is 9.77. The molecule has 0 aliphatic carbocycles. The van der Waals surface area contributed by atoms with E-state index in [0.717, 1.165) is 5.56 Å². The van der Waals surface area contributed by atoms with Gasteiger partial charge in [0, 0.05) is 12.3 Å². The summed E-state index contributed by atoms with van der Waals surface area (Å²) < 4.78 is 23.3. The van der Waals surface area contributed by atoms with Gasteiger partial charge in [0.05, 0.1) is 15.6 Å². The summed E-state index contributed by atoms with van der Waals surface area (Å²) in [7, 11) is -3.25. The molecule has 2 aromatic rings. The Kier molecular flexibility index (Phi) is 4.59. The molecule has 0 aromatic heterocycles. The van der Waals surface area contributed by atoms with Gasteiger partial charge in [0.2, 0.25) is 0 Å². The molecule has 0 heterocycles. The molecule has 0 radical (unpaired) electrons. The van der Waals surface area contributed by atoms with Gasteiger partial charge in [-0.2, -0.15) is 0 Å². The molecule has 1 unspecified atom stereocenters. The van der Waals surface area contributed by atoms with E-state index in [1.807, 2.05) is 32.0 Å². The van der Waals surface area contributed by atoms with Crippen LogP contribution in [0.15, 0.2) is 47.4 Å². The number of hydrogen-bond donors (Lipinski definition) is 1.